The van der Waals surface area contributed by atoms with Gasteiger partial charge in [0.15, 0.2) is 5.16 Å². The number of rotatable bonds is 7. The SMILES string of the molecule is CC(Sc1n[nH]c(=O)n1CCc1ccccc1)C(=O)Nc1ccc(Cl)cc1Cl. The molecule has 0 aliphatic carbocycles. The molecule has 0 aliphatic rings. The van der Waals surface area contributed by atoms with E-state index < -0.39 is 5.25 Å². The lowest BCUT2D eigenvalue weighted by molar-refractivity contribution is -0.115. The molecule has 0 radical (unpaired) electrons. The van der Waals surface area contributed by atoms with E-state index in [4.69, 9.17) is 23.2 Å². The third kappa shape index (κ3) is 5.19. The van der Waals surface area contributed by atoms with E-state index in [1.165, 1.54) is 16.3 Å². The molecule has 2 aromatic carbocycles. The van der Waals surface area contributed by atoms with Gasteiger partial charge in [0, 0.05) is 11.6 Å². The Morgan fingerprint density at radius 1 is 1.25 bits per heavy atom. The van der Waals surface area contributed by atoms with Crippen LogP contribution in [-0.4, -0.2) is 25.9 Å². The molecule has 0 spiro atoms. The Labute approximate surface area is 176 Å². The monoisotopic (exact) mass is 436 g/mol. The van der Waals surface area contributed by atoms with Crippen LogP contribution in [0.5, 0.6) is 0 Å². The number of aromatic amines is 1. The number of nitrogens with zero attached hydrogens (tertiary/aromatic N) is 2. The van der Waals surface area contributed by atoms with Crippen molar-refractivity contribution < 1.29 is 4.79 Å². The van der Waals surface area contributed by atoms with Crippen molar-refractivity contribution in [1.29, 1.82) is 0 Å². The van der Waals surface area contributed by atoms with Crippen LogP contribution in [0.4, 0.5) is 5.69 Å². The Kier molecular flexibility index (Phi) is 6.83. The van der Waals surface area contributed by atoms with Gasteiger partial charge in [0.05, 0.1) is 16.0 Å². The molecule has 0 aliphatic heterocycles. The van der Waals surface area contributed by atoms with Gasteiger partial charge >= 0.3 is 5.69 Å². The second kappa shape index (κ2) is 9.32. The number of carbonyl (C=O) groups is 1. The van der Waals surface area contributed by atoms with Gasteiger partial charge in [0.1, 0.15) is 0 Å². The lowest BCUT2D eigenvalue weighted by Gasteiger charge is -2.13. The molecule has 9 heteroatoms. The van der Waals surface area contributed by atoms with Crippen molar-refractivity contribution in [1.82, 2.24) is 14.8 Å². The molecule has 146 valence electrons. The van der Waals surface area contributed by atoms with Gasteiger partial charge in [-0.15, -0.1) is 5.10 Å². The first-order valence-electron chi connectivity index (χ1n) is 8.55. The zero-order valence-electron chi connectivity index (χ0n) is 15.0. The van der Waals surface area contributed by atoms with Crippen molar-refractivity contribution >= 4 is 46.6 Å². The molecule has 1 unspecified atom stereocenters. The minimum Gasteiger partial charge on any atom is -0.324 e. The molecule has 3 aromatic rings. The van der Waals surface area contributed by atoms with Gasteiger partial charge in [-0.2, -0.15) is 0 Å². The highest BCUT2D eigenvalue weighted by Gasteiger charge is 2.20. The van der Waals surface area contributed by atoms with Crippen molar-refractivity contribution in [3.63, 3.8) is 0 Å². The van der Waals surface area contributed by atoms with Crippen LogP contribution in [0.25, 0.3) is 0 Å². The first kappa shape index (κ1) is 20.5. The fourth-order valence-corrected chi connectivity index (χ4v) is 3.85. The van der Waals surface area contributed by atoms with Crippen LogP contribution in [0.15, 0.2) is 58.5 Å². The summed E-state index contributed by atoms with van der Waals surface area (Å²) >= 11 is 13.2. The molecule has 1 atom stereocenters. The number of carbonyl (C=O) groups excluding carboxylic acids is 1. The molecular weight excluding hydrogens is 419 g/mol. The number of H-pyrrole nitrogens is 1. The zero-order valence-corrected chi connectivity index (χ0v) is 17.3. The Morgan fingerprint density at radius 2 is 2.00 bits per heavy atom. The average molecular weight is 437 g/mol. The summed E-state index contributed by atoms with van der Waals surface area (Å²) in [6.45, 7) is 2.21. The van der Waals surface area contributed by atoms with E-state index in [2.05, 4.69) is 15.5 Å². The molecule has 3 rings (SSSR count). The summed E-state index contributed by atoms with van der Waals surface area (Å²) in [7, 11) is 0. The van der Waals surface area contributed by atoms with E-state index in [9.17, 15) is 9.59 Å². The summed E-state index contributed by atoms with van der Waals surface area (Å²) in [5, 5.41) is 10.1. The largest absolute Gasteiger partial charge is 0.343 e. The maximum atomic E-state index is 12.5. The second-order valence-corrected chi connectivity index (χ2v) is 8.22. The molecular formula is C19H18Cl2N4O2S. The predicted octanol–water partition coefficient (Wildman–Crippen LogP) is 4.24. The topological polar surface area (TPSA) is 79.8 Å². The third-order valence-corrected chi connectivity index (χ3v) is 5.67. The van der Waals surface area contributed by atoms with E-state index in [0.29, 0.717) is 33.9 Å². The molecule has 0 saturated carbocycles. The lowest BCUT2D eigenvalue weighted by atomic mass is 10.1. The van der Waals surface area contributed by atoms with Crippen LogP contribution in [0.1, 0.15) is 12.5 Å². The predicted molar refractivity (Wildman–Crippen MR) is 113 cm³/mol. The second-order valence-electron chi connectivity index (χ2n) is 6.07. The molecule has 0 bridgehead atoms. The summed E-state index contributed by atoms with van der Waals surface area (Å²) in [6, 6.07) is 14.7. The van der Waals surface area contributed by atoms with Crippen LogP contribution >= 0.6 is 35.0 Å². The third-order valence-electron chi connectivity index (χ3n) is 4.03. The zero-order chi connectivity index (χ0) is 20.1. The lowest BCUT2D eigenvalue weighted by Crippen LogP contribution is -2.24. The number of hydrogen-bond donors (Lipinski definition) is 2. The molecule has 2 N–H and O–H groups in total. The minimum absolute atomic E-state index is 0.251. The number of amides is 1. The van der Waals surface area contributed by atoms with Crippen molar-refractivity contribution in [2.75, 3.05) is 5.32 Å². The first-order valence-corrected chi connectivity index (χ1v) is 10.2. The summed E-state index contributed by atoms with van der Waals surface area (Å²) in [4.78, 5) is 24.6. The van der Waals surface area contributed by atoms with Crippen LogP contribution in [0, 0.1) is 0 Å². The normalized spacial score (nSPS) is 12.0. The molecule has 6 nitrogen and oxygen atoms in total. The average Bonchev–Trinajstić information content (AvgIpc) is 3.02. The number of thioether (sulfide) groups is 1. The molecule has 1 heterocycles. The standard InChI is InChI=1S/C19H18Cl2N4O2S/c1-12(17(26)22-16-8-7-14(20)11-15(16)21)28-19-24-23-18(27)25(19)10-9-13-5-3-2-4-6-13/h2-8,11-12H,9-10H2,1H3,(H,22,26)(H,23,27). The number of benzene rings is 2. The Morgan fingerprint density at radius 3 is 2.71 bits per heavy atom. The Bertz CT molecular complexity index is 1020. The van der Waals surface area contributed by atoms with E-state index in [1.54, 1.807) is 25.1 Å². The number of nitrogens with one attached hydrogen (secondary N) is 2. The van der Waals surface area contributed by atoms with Gasteiger partial charge in [0.2, 0.25) is 5.91 Å². The van der Waals surface area contributed by atoms with Crippen molar-refractivity contribution in [3.05, 3.63) is 74.6 Å². The van der Waals surface area contributed by atoms with Gasteiger partial charge in [-0.05, 0) is 37.1 Å². The van der Waals surface area contributed by atoms with Gasteiger partial charge in [0.25, 0.3) is 0 Å². The van der Waals surface area contributed by atoms with Crippen LogP contribution < -0.4 is 11.0 Å². The van der Waals surface area contributed by atoms with Gasteiger partial charge in [-0.1, -0.05) is 65.3 Å². The number of anilines is 1. The van der Waals surface area contributed by atoms with Crippen molar-refractivity contribution in [2.24, 2.45) is 0 Å². The summed E-state index contributed by atoms with van der Waals surface area (Å²) in [6.07, 6.45) is 0.689. The maximum Gasteiger partial charge on any atom is 0.343 e. The summed E-state index contributed by atoms with van der Waals surface area (Å²) in [5.41, 5.74) is 1.30. The van der Waals surface area contributed by atoms with Crippen LogP contribution in [0.2, 0.25) is 10.0 Å². The van der Waals surface area contributed by atoms with Crippen molar-refractivity contribution in [3.8, 4) is 0 Å². The van der Waals surface area contributed by atoms with Crippen LogP contribution in [0.3, 0.4) is 0 Å². The summed E-state index contributed by atoms with van der Waals surface area (Å²) in [5.74, 6) is -0.251. The first-order chi connectivity index (χ1) is 13.4. The molecule has 0 fully saturated rings. The highest BCUT2D eigenvalue weighted by molar-refractivity contribution is 8.00. The van der Waals surface area contributed by atoms with Crippen LogP contribution in [-0.2, 0) is 17.8 Å². The van der Waals surface area contributed by atoms with Gasteiger partial charge in [-0.25, -0.2) is 9.89 Å². The Hall–Kier alpha value is -2.22. The number of hydrogen-bond acceptors (Lipinski definition) is 4. The number of halogens is 2. The van der Waals surface area contributed by atoms with E-state index in [0.717, 1.165) is 5.56 Å². The maximum absolute atomic E-state index is 12.5. The number of aryl methyl sites for hydroxylation is 1. The quantitative estimate of drug-likeness (QED) is 0.542. The smallest absolute Gasteiger partial charge is 0.324 e. The van der Waals surface area contributed by atoms with Gasteiger partial charge in [-0.3, -0.25) is 9.36 Å². The van der Waals surface area contributed by atoms with E-state index >= 15 is 0 Å². The molecule has 1 aromatic heterocycles. The fraction of sp³-hybridized carbons (Fsp3) is 0.211. The molecule has 0 saturated heterocycles. The number of aromatic nitrogens is 3. The fourth-order valence-electron chi connectivity index (χ4n) is 2.51. The highest BCUT2D eigenvalue weighted by Crippen LogP contribution is 2.27. The highest BCUT2D eigenvalue weighted by atomic mass is 35.5. The minimum atomic E-state index is -0.488. The summed E-state index contributed by atoms with van der Waals surface area (Å²) < 4.78 is 1.54. The van der Waals surface area contributed by atoms with Gasteiger partial charge < -0.3 is 5.32 Å². The Balaban J connectivity index is 1.66. The molecule has 28 heavy (non-hydrogen) atoms. The van der Waals surface area contributed by atoms with Crippen molar-refractivity contribution in [2.45, 2.75) is 30.3 Å². The van der Waals surface area contributed by atoms with E-state index in [1.807, 2.05) is 30.3 Å². The van der Waals surface area contributed by atoms with E-state index in [-0.39, 0.29) is 11.6 Å². The molecule has 1 amide bonds.